The Kier molecular flexibility index (Phi) is 6.00. The minimum atomic E-state index is -5.79. The molecular formula is C11H10F6O4. The highest BCUT2D eigenvalue weighted by atomic mass is 19.3. The van der Waals surface area contributed by atoms with Crippen molar-refractivity contribution in [2.75, 3.05) is 0 Å². The van der Waals surface area contributed by atoms with Gasteiger partial charge >= 0.3 is 29.7 Å². The highest BCUT2D eigenvalue weighted by Gasteiger charge is 2.69. The normalized spacial score (nSPS) is 14.0. The molecule has 21 heavy (non-hydrogen) atoms. The third kappa shape index (κ3) is 5.12. The lowest BCUT2D eigenvalue weighted by atomic mass is 9.99. The molecule has 0 aliphatic carbocycles. The smallest absolute Gasteiger partial charge is 0.372 e. The number of carboxylic acid groups (broad SMARTS) is 2. The fourth-order valence-corrected chi connectivity index (χ4v) is 1.14. The molecule has 120 valence electrons. The molecule has 0 unspecified atom stereocenters. The maximum atomic E-state index is 13.2. The maximum Gasteiger partial charge on any atom is 0.372 e. The molecule has 0 aliphatic heterocycles. The van der Waals surface area contributed by atoms with Crippen molar-refractivity contribution in [2.45, 2.75) is 30.6 Å². The van der Waals surface area contributed by atoms with E-state index in [1.807, 2.05) is 0 Å². The molecule has 2 N–H and O–H groups in total. The van der Waals surface area contributed by atoms with Gasteiger partial charge in [-0.05, 0) is 0 Å². The average Bonchev–Trinajstić information content (AvgIpc) is 2.26. The van der Waals surface area contributed by atoms with E-state index in [0.717, 1.165) is 0 Å². The van der Waals surface area contributed by atoms with Crippen molar-refractivity contribution in [1.29, 1.82) is 0 Å². The van der Waals surface area contributed by atoms with Crippen LogP contribution >= 0.6 is 0 Å². The predicted octanol–water partition coefficient (Wildman–Crippen LogP) is 2.95. The molecule has 0 saturated carbocycles. The quantitative estimate of drug-likeness (QED) is 0.533. The van der Waals surface area contributed by atoms with Crippen LogP contribution in [0.1, 0.15) is 12.8 Å². The van der Waals surface area contributed by atoms with Gasteiger partial charge in [-0.3, -0.25) is 0 Å². The van der Waals surface area contributed by atoms with Gasteiger partial charge in [-0.2, -0.15) is 26.3 Å². The predicted molar refractivity (Wildman–Crippen MR) is 57.6 cm³/mol. The van der Waals surface area contributed by atoms with Crippen LogP contribution in [0, 0.1) is 0 Å². The summed E-state index contributed by atoms with van der Waals surface area (Å²) in [5.41, 5.74) is 0. The molecule has 0 aliphatic rings. The number of rotatable bonds is 8. The van der Waals surface area contributed by atoms with Gasteiger partial charge in [-0.1, -0.05) is 12.2 Å². The van der Waals surface area contributed by atoms with Crippen molar-refractivity contribution in [3.63, 3.8) is 0 Å². The molecule has 0 radical (unpaired) electrons. The van der Waals surface area contributed by atoms with Gasteiger partial charge < -0.3 is 10.2 Å². The van der Waals surface area contributed by atoms with E-state index in [4.69, 9.17) is 10.2 Å². The number of hydrogen-bond donors (Lipinski definition) is 2. The lowest BCUT2D eigenvalue weighted by Gasteiger charge is -2.31. The standard InChI is InChI=1S/C11H10F6O4/c12-9(13,5-1-3-7(18)19)11(16,17)10(14,15)6-2-4-8(20)21/h1-4H,5-6H2,(H,18,19)(H,20,21). The van der Waals surface area contributed by atoms with Crippen LogP contribution in [-0.4, -0.2) is 39.9 Å². The number of allylic oxidation sites excluding steroid dienone is 2. The summed E-state index contributed by atoms with van der Waals surface area (Å²) in [6, 6.07) is 0. The second-order valence-corrected chi connectivity index (χ2v) is 3.87. The lowest BCUT2D eigenvalue weighted by Crippen LogP contribution is -2.53. The molecule has 0 spiro atoms. The Labute approximate surface area is 114 Å². The van der Waals surface area contributed by atoms with Gasteiger partial charge in [0.1, 0.15) is 0 Å². The van der Waals surface area contributed by atoms with Crippen LogP contribution in [-0.2, 0) is 9.59 Å². The van der Waals surface area contributed by atoms with Crippen LogP contribution in [0.4, 0.5) is 26.3 Å². The Morgan fingerprint density at radius 2 is 1.05 bits per heavy atom. The minimum Gasteiger partial charge on any atom is -0.478 e. The maximum absolute atomic E-state index is 13.2. The molecule has 4 nitrogen and oxygen atoms in total. The topological polar surface area (TPSA) is 74.6 Å². The van der Waals surface area contributed by atoms with Crippen LogP contribution in [0.15, 0.2) is 24.3 Å². The molecule has 0 heterocycles. The Hall–Kier alpha value is -2.00. The minimum absolute atomic E-state index is 0.118. The number of hydrogen-bond acceptors (Lipinski definition) is 2. The zero-order valence-electron chi connectivity index (χ0n) is 10.2. The van der Waals surface area contributed by atoms with Crippen LogP contribution in [0.25, 0.3) is 0 Å². The van der Waals surface area contributed by atoms with Gasteiger partial charge in [0.25, 0.3) is 0 Å². The van der Waals surface area contributed by atoms with Gasteiger partial charge in [0.2, 0.25) is 0 Å². The Morgan fingerprint density at radius 1 is 0.762 bits per heavy atom. The molecule has 0 bridgehead atoms. The van der Waals surface area contributed by atoms with E-state index < -0.39 is 42.5 Å². The SMILES string of the molecule is O=C(O)C=CCC(F)(F)C(F)(F)C(F)(F)CC=CC(=O)O. The molecule has 0 amide bonds. The fourth-order valence-electron chi connectivity index (χ4n) is 1.14. The molecule has 0 rings (SSSR count). The molecule has 0 aromatic heterocycles. The third-order valence-electron chi connectivity index (χ3n) is 2.19. The van der Waals surface area contributed by atoms with Crippen molar-refractivity contribution in [2.24, 2.45) is 0 Å². The summed E-state index contributed by atoms with van der Waals surface area (Å²) in [4.78, 5) is 20.0. The van der Waals surface area contributed by atoms with Gasteiger partial charge in [0, 0.05) is 25.0 Å². The van der Waals surface area contributed by atoms with E-state index in [1.165, 1.54) is 0 Å². The summed E-state index contributed by atoms with van der Waals surface area (Å²) in [5.74, 6) is -19.6. The molecule has 0 saturated heterocycles. The van der Waals surface area contributed by atoms with Crippen molar-refractivity contribution < 1.29 is 46.1 Å². The Balaban J connectivity index is 5.12. The second-order valence-electron chi connectivity index (χ2n) is 3.87. The number of alkyl halides is 6. The average molecular weight is 320 g/mol. The zero-order valence-corrected chi connectivity index (χ0v) is 10.2. The van der Waals surface area contributed by atoms with E-state index in [2.05, 4.69) is 0 Å². The number of carbonyl (C=O) groups is 2. The second kappa shape index (κ2) is 6.64. The highest BCUT2D eigenvalue weighted by Crippen LogP contribution is 2.49. The van der Waals surface area contributed by atoms with Gasteiger partial charge in [0.05, 0.1) is 0 Å². The van der Waals surface area contributed by atoms with E-state index >= 15 is 0 Å². The lowest BCUT2D eigenvalue weighted by molar-refractivity contribution is -0.306. The van der Waals surface area contributed by atoms with Crippen molar-refractivity contribution in [3.05, 3.63) is 24.3 Å². The van der Waals surface area contributed by atoms with E-state index in [-0.39, 0.29) is 24.3 Å². The highest BCUT2D eigenvalue weighted by molar-refractivity contribution is 5.80. The molecule has 0 aromatic carbocycles. The summed E-state index contributed by atoms with van der Waals surface area (Å²) in [7, 11) is 0. The fraction of sp³-hybridized carbons (Fsp3) is 0.455. The summed E-state index contributed by atoms with van der Waals surface area (Å²) < 4.78 is 78.8. The molecule has 10 heteroatoms. The van der Waals surface area contributed by atoms with E-state index in [0.29, 0.717) is 0 Å². The Bertz CT molecular complexity index is 416. The first-order valence-electron chi connectivity index (χ1n) is 5.26. The van der Waals surface area contributed by atoms with Crippen LogP contribution in [0.5, 0.6) is 0 Å². The third-order valence-corrected chi connectivity index (χ3v) is 2.19. The number of halogens is 6. The largest absolute Gasteiger partial charge is 0.478 e. The summed E-state index contributed by atoms with van der Waals surface area (Å²) in [6.45, 7) is 0. The first-order valence-corrected chi connectivity index (χ1v) is 5.26. The number of carboxylic acids is 2. The first kappa shape index (κ1) is 19.0. The molecule has 0 aromatic rings. The zero-order chi connectivity index (χ0) is 16.9. The molecular weight excluding hydrogens is 310 g/mol. The van der Waals surface area contributed by atoms with Gasteiger partial charge in [-0.15, -0.1) is 0 Å². The molecule has 0 fully saturated rings. The van der Waals surface area contributed by atoms with E-state index in [9.17, 15) is 35.9 Å². The molecule has 0 atom stereocenters. The van der Waals surface area contributed by atoms with Gasteiger partial charge in [-0.25, -0.2) is 9.59 Å². The van der Waals surface area contributed by atoms with Gasteiger partial charge in [0.15, 0.2) is 0 Å². The number of aliphatic carboxylic acids is 2. The summed E-state index contributed by atoms with van der Waals surface area (Å²) in [5, 5.41) is 16.2. The van der Waals surface area contributed by atoms with Crippen molar-refractivity contribution >= 4 is 11.9 Å². The van der Waals surface area contributed by atoms with Crippen LogP contribution in [0.2, 0.25) is 0 Å². The monoisotopic (exact) mass is 320 g/mol. The Morgan fingerprint density at radius 3 is 1.29 bits per heavy atom. The first-order chi connectivity index (χ1) is 9.33. The van der Waals surface area contributed by atoms with E-state index in [1.54, 1.807) is 0 Å². The van der Waals surface area contributed by atoms with Crippen molar-refractivity contribution in [3.8, 4) is 0 Å². The summed E-state index contributed by atoms with van der Waals surface area (Å²) >= 11 is 0. The summed E-state index contributed by atoms with van der Waals surface area (Å²) in [6.07, 6.45) is -3.34. The van der Waals surface area contributed by atoms with Crippen LogP contribution < -0.4 is 0 Å². The van der Waals surface area contributed by atoms with Crippen molar-refractivity contribution in [1.82, 2.24) is 0 Å². The van der Waals surface area contributed by atoms with Crippen LogP contribution in [0.3, 0.4) is 0 Å².